The van der Waals surface area contributed by atoms with E-state index in [0.717, 1.165) is 12.2 Å². The van der Waals surface area contributed by atoms with Crippen molar-refractivity contribution in [1.82, 2.24) is 0 Å². The molecule has 0 spiro atoms. The van der Waals surface area contributed by atoms with Crippen molar-refractivity contribution in [3.63, 3.8) is 0 Å². The second-order valence-electron chi connectivity index (χ2n) is 6.11. The van der Waals surface area contributed by atoms with Crippen LogP contribution in [0.1, 0.15) is 42.1 Å². The van der Waals surface area contributed by atoms with Gasteiger partial charge in [0.25, 0.3) is 0 Å². The van der Waals surface area contributed by atoms with Crippen LogP contribution in [0.5, 0.6) is 5.75 Å². The molecule has 2 rings (SSSR count). The highest BCUT2D eigenvalue weighted by Crippen LogP contribution is 2.15. The van der Waals surface area contributed by atoms with Crippen molar-refractivity contribution < 1.29 is 24.2 Å². The highest BCUT2D eigenvalue weighted by atomic mass is 16.5. The van der Waals surface area contributed by atoms with Gasteiger partial charge in [0.2, 0.25) is 5.91 Å². The standard InChI is InChI=1S/C21H23NO5/c1-2-13-27-18-9-5-16(6-10-18)19(23)11-12-20(24)22-17-7-3-15(4-8-17)14-21(25)26/h3-10H,2,11-14H2,1H3,(H,22,24)(H,25,26). The number of carboxylic acid groups (broad SMARTS) is 1. The fraction of sp³-hybridized carbons (Fsp3) is 0.286. The van der Waals surface area contributed by atoms with Gasteiger partial charge in [-0.05, 0) is 48.4 Å². The summed E-state index contributed by atoms with van der Waals surface area (Å²) in [5.74, 6) is -0.561. The Morgan fingerprint density at radius 2 is 1.63 bits per heavy atom. The second-order valence-corrected chi connectivity index (χ2v) is 6.11. The zero-order valence-corrected chi connectivity index (χ0v) is 15.2. The van der Waals surface area contributed by atoms with Crippen LogP contribution in [0, 0.1) is 0 Å². The van der Waals surface area contributed by atoms with Gasteiger partial charge in [-0.3, -0.25) is 14.4 Å². The number of hydrogen-bond donors (Lipinski definition) is 2. The summed E-state index contributed by atoms with van der Waals surface area (Å²) in [5, 5.41) is 11.4. The molecule has 0 heterocycles. The van der Waals surface area contributed by atoms with Gasteiger partial charge in [0.15, 0.2) is 5.78 Å². The minimum absolute atomic E-state index is 0.0645. The highest BCUT2D eigenvalue weighted by molar-refractivity contribution is 6.00. The molecule has 0 bridgehead atoms. The van der Waals surface area contributed by atoms with Crippen LogP contribution in [0.3, 0.4) is 0 Å². The van der Waals surface area contributed by atoms with Gasteiger partial charge in [0.1, 0.15) is 5.75 Å². The first-order chi connectivity index (χ1) is 13.0. The van der Waals surface area contributed by atoms with Crippen molar-refractivity contribution in [2.75, 3.05) is 11.9 Å². The van der Waals surface area contributed by atoms with Crippen LogP contribution in [-0.2, 0) is 16.0 Å². The summed E-state index contributed by atoms with van der Waals surface area (Å²) in [6, 6.07) is 13.5. The number of carbonyl (C=O) groups is 3. The fourth-order valence-electron chi connectivity index (χ4n) is 2.43. The second kappa shape index (κ2) is 10.1. The normalized spacial score (nSPS) is 10.3. The smallest absolute Gasteiger partial charge is 0.307 e. The van der Waals surface area contributed by atoms with Crippen molar-refractivity contribution in [2.45, 2.75) is 32.6 Å². The van der Waals surface area contributed by atoms with E-state index >= 15 is 0 Å². The van der Waals surface area contributed by atoms with Crippen LogP contribution in [0.4, 0.5) is 5.69 Å². The third kappa shape index (κ3) is 6.93. The summed E-state index contributed by atoms with van der Waals surface area (Å²) >= 11 is 0. The molecule has 2 aromatic rings. The summed E-state index contributed by atoms with van der Waals surface area (Å²) in [7, 11) is 0. The Balaban J connectivity index is 1.80. The lowest BCUT2D eigenvalue weighted by Crippen LogP contribution is -2.13. The van der Waals surface area contributed by atoms with Gasteiger partial charge in [-0.1, -0.05) is 19.1 Å². The predicted octanol–water partition coefficient (Wildman–Crippen LogP) is 3.70. The molecule has 6 nitrogen and oxygen atoms in total. The van der Waals surface area contributed by atoms with Crippen LogP contribution in [0.2, 0.25) is 0 Å². The number of nitrogens with one attached hydrogen (secondary N) is 1. The van der Waals surface area contributed by atoms with Gasteiger partial charge >= 0.3 is 5.97 Å². The summed E-state index contributed by atoms with van der Waals surface area (Å²) < 4.78 is 5.48. The average Bonchev–Trinajstić information content (AvgIpc) is 2.66. The van der Waals surface area contributed by atoms with Crippen LogP contribution < -0.4 is 10.1 Å². The lowest BCUT2D eigenvalue weighted by molar-refractivity contribution is -0.136. The first-order valence-corrected chi connectivity index (χ1v) is 8.84. The molecule has 0 unspecified atom stereocenters. The van der Waals surface area contributed by atoms with Gasteiger partial charge in [-0.15, -0.1) is 0 Å². The monoisotopic (exact) mass is 369 g/mol. The molecule has 1 amide bonds. The minimum Gasteiger partial charge on any atom is -0.494 e. The Morgan fingerprint density at radius 1 is 0.963 bits per heavy atom. The van der Waals surface area contributed by atoms with Crippen molar-refractivity contribution in [2.24, 2.45) is 0 Å². The van der Waals surface area contributed by atoms with E-state index in [1.54, 1.807) is 48.5 Å². The number of ketones is 1. The molecule has 0 saturated carbocycles. The van der Waals surface area contributed by atoms with E-state index in [2.05, 4.69) is 5.32 Å². The minimum atomic E-state index is -0.907. The molecular formula is C21H23NO5. The zero-order chi connectivity index (χ0) is 19.6. The number of amides is 1. The van der Waals surface area contributed by atoms with Crippen LogP contribution in [0.15, 0.2) is 48.5 Å². The van der Waals surface area contributed by atoms with E-state index in [9.17, 15) is 14.4 Å². The summed E-state index contributed by atoms with van der Waals surface area (Å²) in [5.41, 5.74) is 1.77. The first kappa shape index (κ1) is 20.2. The number of aliphatic carboxylic acids is 1. The summed E-state index contributed by atoms with van der Waals surface area (Å²) in [4.78, 5) is 34.9. The van der Waals surface area contributed by atoms with E-state index in [4.69, 9.17) is 9.84 Å². The number of ether oxygens (including phenoxy) is 1. The van der Waals surface area contributed by atoms with E-state index < -0.39 is 5.97 Å². The molecule has 0 aliphatic rings. The Labute approximate surface area is 158 Å². The number of benzene rings is 2. The molecule has 0 saturated heterocycles. The predicted molar refractivity (Wildman–Crippen MR) is 102 cm³/mol. The molecule has 0 aromatic heterocycles. The Hall–Kier alpha value is -3.15. The molecule has 2 N–H and O–H groups in total. The van der Waals surface area contributed by atoms with Crippen molar-refractivity contribution in [3.05, 3.63) is 59.7 Å². The first-order valence-electron chi connectivity index (χ1n) is 8.84. The van der Waals surface area contributed by atoms with Gasteiger partial charge in [0, 0.05) is 24.1 Å². The van der Waals surface area contributed by atoms with Crippen molar-refractivity contribution in [3.8, 4) is 5.75 Å². The number of rotatable bonds is 10. The van der Waals surface area contributed by atoms with Gasteiger partial charge < -0.3 is 15.2 Å². The van der Waals surface area contributed by atoms with Crippen LogP contribution in [-0.4, -0.2) is 29.4 Å². The zero-order valence-electron chi connectivity index (χ0n) is 15.2. The number of carbonyl (C=O) groups excluding carboxylic acids is 2. The van der Waals surface area contributed by atoms with E-state index in [1.165, 1.54) is 0 Å². The Kier molecular flexibility index (Phi) is 7.55. The SMILES string of the molecule is CCCOc1ccc(C(=O)CCC(=O)Nc2ccc(CC(=O)O)cc2)cc1. The van der Waals surface area contributed by atoms with Gasteiger partial charge in [-0.2, -0.15) is 0 Å². The molecular weight excluding hydrogens is 346 g/mol. The lowest BCUT2D eigenvalue weighted by Gasteiger charge is -2.07. The van der Waals surface area contributed by atoms with Gasteiger partial charge in [0.05, 0.1) is 13.0 Å². The maximum absolute atomic E-state index is 12.2. The Morgan fingerprint density at radius 3 is 2.22 bits per heavy atom. The molecule has 0 atom stereocenters. The fourth-order valence-corrected chi connectivity index (χ4v) is 2.43. The maximum Gasteiger partial charge on any atom is 0.307 e. The molecule has 27 heavy (non-hydrogen) atoms. The van der Waals surface area contributed by atoms with E-state index in [1.807, 2.05) is 6.92 Å². The Bertz CT molecular complexity index is 781. The quantitative estimate of drug-likeness (QED) is 0.623. The summed E-state index contributed by atoms with van der Waals surface area (Å²) in [6.07, 6.45) is 1.03. The molecule has 0 radical (unpaired) electrons. The van der Waals surface area contributed by atoms with Crippen molar-refractivity contribution >= 4 is 23.3 Å². The molecule has 0 aliphatic heterocycles. The number of anilines is 1. The third-order valence-electron chi connectivity index (χ3n) is 3.82. The highest BCUT2D eigenvalue weighted by Gasteiger charge is 2.10. The average molecular weight is 369 g/mol. The largest absolute Gasteiger partial charge is 0.494 e. The van der Waals surface area contributed by atoms with Crippen LogP contribution in [0.25, 0.3) is 0 Å². The van der Waals surface area contributed by atoms with Crippen LogP contribution >= 0.6 is 0 Å². The van der Waals surface area contributed by atoms with E-state index in [-0.39, 0.29) is 31.0 Å². The molecule has 0 aliphatic carbocycles. The third-order valence-corrected chi connectivity index (χ3v) is 3.82. The lowest BCUT2D eigenvalue weighted by atomic mass is 10.1. The number of hydrogen-bond acceptors (Lipinski definition) is 4. The van der Waals surface area contributed by atoms with Gasteiger partial charge in [-0.25, -0.2) is 0 Å². The molecule has 0 fully saturated rings. The maximum atomic E-state index is 12.2. The topological polar surface area (TPSA) is 92.7 Å². The number of carboxylic acids is 1. The molecule has 2 aromatic carbocycles. The van der Waals surface area contributed by atoms with E-state index in [0.29, 0.717) is 23.4 Å². The molecule has 6 heteroatoms. The number of Topliss-reactive ketones (excluding diaryl/α,β-unsaturated/α-hetero) is 1. The molecule has 142 valence electrons. The van der Waals surface area contributed by atoms with Crippen molar-refractivity contribution in [1.29, 1.82) is 0 Å². The summed E-state index contributed by atoms with van der Waals surface area (Å²) in [6.45, 7) is 2.65.